The SMILES string of the molecule is Cc1ccncc1NC(=O)Nc1cccc(C#N)c1. The summed E-state index contributed by atoms with van der Waals surface area (Å²) in [7, 11) is 0. The van der Waals surface area contributed by atoms with Crippen molar-refractivity contribution in [3.05, 3.63) is 53.9 Å². The summed E-state index contributed by atoms with van der Waals surface area (Å²) in [6.45, 7) is 1.88. The van der Waals surface area contributed by atoms with Crippen LogP contribution in [-0.4, -0.2) is 11.0 Å². The molecule has 0 radical (unpaired) electrons. The van der Waals surface area contributed by atoms with E-state index in [1.54, 1.807) is 36.7 Å². The maximum Gasteiger partial charge on any atom is 0.323 e. The first-order chi connectivity index (χ1) is 9.19. The van der Waals surface area contributed by atoms with E-state index < -0.39 is 0 Å². The van der Waals surface area contributed by atoms with Crippen LogP contribution in [0.4, 0.5) is 16.2 Å². The quantitative estimate of drug-likeness (QED) is 0.862. The average Bonchev–Trinajstić information content (AvgIpc) is 2.41. The van der Waals surface area contributed by atoms with Crippen molar-refractivity contribution in [3.63, 3.8) is 0 Å². The van der Waals surface area contributed by atoms with E-state index in [1.165, 1.54) is 0 Å². The monoisotopic (exact) mass is 252 g/mol. The molecule has 2 aromatic rings. The van der Waals surface area contributed by atoms with Crippen LogP contribution >= 0.6 is 0 Å². The van der Waals surface area contributed by atoms with Crippen LogP contribution in [0.15, 0.2) is 42.7 Å². The predicted molar refractivity (Wildman–Crippen MR) is 72.8 cm³/mol. The van der Waals surface area contributed by atoms with Gasteiger partial charge < -0.3 is 10.6 Å². The van der Waals surface area contributed by atoms with Gasteiger partial charge in [0, 0.05) is 11.9 Å². The Hall–Kier alpha value is -2.87. The first kappa shape index (κ1) is 12.6. The zero-order valence-electron chi connectivity index (χ0n) is 10.3. The lowest BCUT2D eigenvalue weighted by Crippen LogP contribution is -2.20. The number of urea groups is 1. The van der Waals surface area contributed by atoms with Crippen molar-refractivity contribution in [2.24, 2.45) is 0 Å². The molecule has 0 aliphatic rings. The van der Waals surface area contributed by atoms with E-state index >= 15 is 0 Å². The Labute approximate surface area is 110 Å². The number of nitrogens with zero attached hydrogens (tertiary/aromatic N) is 2. The van der Waals surface area contributed by atoms with Gasteiger partial charge in [-0.3, -0.25) is 4.98 Å². The van der Waals surface area contributed by atoms with Gasteiger partial charge >= 0.3 is 6.03 Å². The zero-order valence-corrected chi connectivity index (χ0v) is 10.3. The molecule has 0 spiro atoms. The van der Waals surface area contributed by atoms with E-state index in [9.17, 15) is 4.79 Å². The van der Waals surface area contributed by atoms with Crippen LogP contribution in [-0.2, 0) is 0 Å². The minimum absolute atomic E-state index is 0.369. The highest BCUT2D eigenvalue weighted by molar-refractivity contribution is 6.00. The van der Waals surface area contributed by atoms with E-state index in [2.05, 4.69) is 15.6 Å². The third-order valence-electron chi connectivity index (χ3n) is 2.54. The zero-order chi connectivity index (χ0) is 13.7. The molecular formula is C14H12N4O. The number of amides is 2. The lowest BCUT2D eigenvalue weighted by molar-refractivity contribution is 0.262. The highest BCUT2D eigenvalue weighted by atomic mass is 16.2. The molecule has 0 aliphatic heterocycles. The number of anilines is 2. The standard InChI is InChI=1S/C14H12N4O/c1-10-5-6-16-9-13(10)18-14(19)17-12-4-2-3-11(7-12)8-15/h2-7,9H,1H3,(H2,17,18,19). The van der Waals surface area contributed by atoms with Crippen molar-refractivity contribution in [2.75, 3.05) is 10.6 Å². The van der Waals surface area contributed by atoms with Gasteiger partial charge in [0.15, 0.2) is 0 Å². The summed E-state index contributed by atoms with van der Waals surface area (Å²) in [6.07, 6.45) is 3.25. The molecule has 1 aromatic carbocycles. The van der Waals surface area contributed by atoms with Gasteiger partial charge in [-0.05, 0) is 36.8 Å². The number of benzene rings is 1. The van der Waals surface area contributed by atoms with Crippen molar-refractivity contribution >= 4 is 17.4 Å². The lowest BCUT2D eigenvalue weighted by Gasteiger charge is -2.09. The highest BCUT2D eigenvalue weighted by Gasteiger charge is 2.05. The minimum atomic E-state index is -0.369. The number of nitrogens with one attached hydrogen (secondary N) is 2. The van der Waals surface area contributed by atoms with Crippen LogP contribution in [0.3, 0.4) is 0 Å². The largest absolute Gasteiger partial charge is 0.323 e. The summed E-state index contributed by atoms with van der Waals surface area (Å²) in [4.78, 5) is 15.7. The molecule has 1 heterocycles. The second kappa shape index (κ2) is 5.65. The summed E-state index contributed by atoms with van der Waals surface area (Å²) in [5, 5.41) is 14.1. The van der Waals surface area contributed by atoms with Crippen molar-refractivity contribution in [1.82, 2.24) is 4.98 Å². The van der Waals surface area contributed by atoms with Crippen LogP contribution in [0.1, 0.15) is 11.1 Å². The Morgan fingerprint density at radius 2 is 2.16 bits per heavy atom. The van der Waals surface area contributed by atoms with Crippen LogP contribution in [0, 0.1) is 18.3 Å². The third-order valence-corrected chi connectivity index (χ3v) is 2.54. The number of nitriles is 1. The van der Waals surface area contributed by atoms with Gasteiger partial charge in [-0.2, -0.15) is 5.26 Å². The second-order valence-electron chi connectivity index (χ2n) is 3.96. The molecule has 2 N–H and O–H groups in total. The number of carbonyl (C=O) groups excluding carboxylic acids is 1. The molecule has 5 heteroatoms. The van der Waals surface area contributed by atoms with Crippen molar-refractivity contribution < 1.29 is 4.79 Å². The summed E-state index contributed by atoms with van der Waals surface area (Å²) in [6, 6.07) is 10.2. The van der Waals surface area contributed by atoms with Gasteiger partial charge in [-0.1, -0.05) is 6.07 Å². The molecule has 94 valence electrons. The number of hydrogen-bond acceptors (Lipinski definition) is 3. The van der Waals surface area contributed by atoms with E-state index in [4.69, 9.17) is 5.26 Å². The van der Waals surface area contributed by atoms with E-state index in [1.807, 2.05) is 19.1 Å². The van der Waals surface area contributed by atoms with Crippen LogP contribution in [0.2, 0.25) is 0 Å². The minimum Gasteiger partial charge on any atom is -0.308 e. The molecule has 0 fully saturated rings. The molecule has 2 amide bonds. The smallest absolute Gasteiger partial charge is 0.308 e. The number of aromatic nitrogens is 1. The van der Waals surface area contributed by atoms with Gasteiger partial charge in [0.2, 0.25) is 0 Å². The van der Waals surface area contributed by atoms with Crippen LogP contribution in [0.25, 0.3) is 0 Å². The summed E-state index contributed by atoms with van der Waals surface area (Å²) < 4.78 is 0. The highest BCUT2D eigenvalue weighted by Crippen LogP contribution is 2.13. The molecular weight excluding hydrogens is 240 g/mol. The van der Waals surface area contributed by atoms with E-state index in [0.29, 0.717) is 16.9 Å². The molecule has 19 heavy (non-hydrogen) atoms. The fourth-order valence-electron chi connectivity index (χ4n) is 1.55. The first-order valence-corrected chi connectivity index (χ1v) is 5.68. The van der Waals surface area contributed by atoms with E-state index in [0.717, 1.165) is 5.56 Å². The Morgan fingerprint density at radius 1 is 1.32 bits per heavy atom. The van der Waals surface area contributed by atoms with Crippen LogP contribution < -0.4 is 10.6 Å². The molecule has 5 nitrogen and oxygen atoms in total. The number of pyridine rings is 1. The Morgan fingerprint density at radius 3 is 2.89 bits per heavy atom. The lowest BCUT2D eigenvalue weighted by atomic mass is 10.2. The second-order valence-corrected chi connectivity index (χ2v) is 3.96. The molecule has 0 bridgehead atoms. The van der Waals surface area contributed by atoms with Crippen molar-refractivity contribution in [1.29, 1.82) is 5.26 Å². The van der Waals surface area contributed by atoms with Gasteiger partial charge in [-0.25, -0.2) is 4.79 Å². The van der Waals surface area contributed by atoms with Gasteiger partial charge in [0.1, 0.15) is 0 Å². The topological polar surface area (TPSA) is 77.8 Å². The molecule has 0 atom stereocenters. The van der Waals surface area contributed by atoms with E-state index in [-0.39, 0.29) is 6.03 Å². The number of hydrogen-bond donors (Lipinski definition) is 2. The molecule has 0 saturated heterocycles. The summed E-state index contributed by atoms with van der Waals surface area (Å²) in [5.74, 6) is 0. The molecule has 1 aromatic heterocycles. The van der Waals surface area contributed by atoms with Gasteiger partial charge in [-0.15, -0.1) is 0 Å². The van der Waals surface area contributed by atoms with Gasteiger partial charge in [0.25, 0.3) is 0 Å². The number of carbonyl (C=O) groups is 1. The molecule has 2 rings (SSSR count). The predicted octanol–water partition coefficient (Wildman–Crippen LogP) is 2.91. The maximum atomic E-state index is 11.8. The normalized spacial score (nSPS) is 9.47. The average molecular weight is 252 g/mol. The fraction of sp³-hybridized carbons (Fsp3) is 0.0714. The molecule has 0 saturated carbocycles. The fourth-order valence-corrected chi connectivity index (χ4v) is 1.55. The van der Waals surface area contributed by atoms with Gasteiger partial charge in [0.05, 0.1) is 23.5 Å². The third kappa shape index (κ3) is 3.30. The van der Waals surface area contributed by atoms with Crippen molar-refractivity contribution in [3.8, 4) is 6.07 Å². The Bertz CT molecular complexity index is 646. The molecule has 0 unspecified atom stereocenters. The van der Waals surface area contributed by atoms with Crippen molar-refractivity contribution in [2.45, 2.75) is 6.92 Å². The summed E-state index contributed by atoms with van der Waals surface area (Å²) >= 11 is 0. The Kier molecular flexibility index (Phi) is 3.74. The summed E-state index contributed by atoms with van der Waals surface area (Å²) in [5.41, 5.74) is 2.64. The van der Waals surface area contributed by atoms with Crippen LogP contribution in [0.5, 0.6) is 0 Å². The first-order valence-electron chi connectivity index (χ1n) is 5.68. The number of rotatable bonds is 2. The number of aryl methyl sites for hydroxylation is 1. The maximum absolute atomic E-state index is 11.8. The Balaban J connectivity index is 2.06. The molecule has 0 aliphatic carbocycles.